The van der Waals surface area contributed by atoms with Gasteiger partial charge >= 0.3 is 0 Å². The van der Waals surface area contributed by atoms with Crippen LogP contribution in [0, 0.1) is 5.92 Å². The number of methoxy groups -OCH3 is 1. The Kier molecular flexibility index (Phi) is 7.59. The van der Waals surface area contributed by atoms with Gasteiger partial charge in [0.1, 0.15) is 11.5 Å². The zero-order chi connectivity index (χ0) is 19.1. The van der Waals surface area contributed by atoms with E-state index in [0.717, 1.165) is 43.4 Å². The number of rotatable bonds is 8. The first kappa shape index (κ1) is 20.2. The Bertz CT molecular complexity index is 726. The molecule has 27 heavy (non-hydrogen) atoms. The lowest BCUT2D eigenvalue weighted by atomic mass is 9.90. The summed E-state index contributed by atoms with van der Waals surface area (Å²) in [6, 6.07) is 14.7. The number of ether oxygens (including phenoxy) is 2. The number of hydrogen-bond acceptors (Lipinski definition) is 3. The van der Waals surface area contributed by atoms with Gasteiger partial charge in [0.05, 0.1) is 13.7 Å². The van der Waals surface area contributed by atoms with Crippen LogP contribution in [0.3, 0.4) is 0 Å². The number of likely N-dealkylation sites (tertiary alicyclic amines) is 1. The van der Waals surface area contributed by atoms with Crippen molar-refractivity contribution in [3.05, 3.63) is 58.1 Å². The van der Waals surface area contributed by atoms with Gasteiger partial charge in [-0.2, -0.15) is 0 Å². The van der Waals surface area contributed by atoms with Gasteiger partial charge in [0.2, 0.25) is 0 Å². The summed E-state index contributed by atoms with van der Waals surface area (Å²) >= 11 is 3.69. The smallest absolute Gasteiger partial charge is 0.122 e. The van der Waals surface area contributed by atoms with E-state index in [0.29, 0.717) is 0 Å². The molecule has 0 radical (unpaired) electrons. The minimum absolute atomic E-state index is 0.724. The fraction of sp³-hybridized carbons (Fsp3) is 0.478. The van der Waals surface area contributed by atoms with Crippen LogP contribution < -0.4 is 9.47 Å². The van der Waals surface area contributed by atoms with Crippen LogP contribution in [0.5, 0.6) is 11.5 Å². The minimum atomic E-state index is 0.724. The molecule has 2 aromatic carbocycles. The van der Waals surface area contributed by atoms with E-state index >= 15 is 0 Å². The number of nitrogens with zero attached hydrogens (tertiary/aromatic N) is 1. The summed E-state index contributed by atoms with van der Waals surface area (Å²) in [6.07, 6.45) is 4.70. The highest BCUT2D eigenvalue weighted by molar-refractivity contribution is 9.10. The Labute approximate surface area is 171 Å². The molecule has 3 nitrogen and oxygen atoms in total. The van der Waals surface area contributed by atoms with Crippen LogP contribution in [-0.4, -0.2) is 38.3 Å². The van der Waals surface area contributed by atoms with Gasteiger partial charge in [-0.15, -0.1) is 0 Å². The molecule has 0 spiro atoms. The summed E-state index contributed by atoms with van der Waals surface area (Å²) in [7, 11) is 1.73. The molecule has 0 bridgehead atoms. The van der Waals surface area contributed by atoms with Gasteiger partial charge in [0.15, 0.2) is 0 Å². The maximum absolute atomic E-state index is 5.76. The van der Waals surface area contributed by atoms with Crippen molar-refractivity contribution >= 4 is 15.9 Å². The highest BCUT2D eigenvalue weighted by Crippen LogP contribution is 2.29. The highest BCUT2D eigenvalue weighted by atomic mass is 79.9. The fourth-order valence-corrected chi connectivity index (χ4v) is 4.25. The fourth-order valence-electron chi connectivity index (χ4n) is 3.84. The average Bonchev–Trinajstić information content (AvgIpc) is 2.70. The van der Waals surface area contributed by atoms with Crippen LogP contribution >= 0.6 is 15.9 Å². The number of piperidine rings is 1. The van der Waals surface area contributed by atoms with Crippen molar-refractivity contribution in [3.63, 3.8) is 0 Å². The second kappa shape index (κ2) is 10.1. The summed E-state index contributed by atoms with van der Waals surface area (Å²) in [5.41, 5.74) is 2.68. The second-order valence-corrected chi connectivity index (χ2v) is 8.09. The van der Waals surface area contributed by atoms with E-state index in [4.69, 9.17) is 9.47 Å². The standard InChI is InChI=1S/C23H30BrNO2/c1-3-27-23-7-5-4-6-19(23)12-15-25-13-10-18(11-14-25)16-20-17-21(26-2)8-9-22(20)24/h4-9,17-18H,3,10-16H2,1-2H3. The van der Waals surface area contributed by atoms with Crippen LogP contribution in [0.2, 0.25) is 0 Å². The maximum atomic E-state index is 5.76. The van der Waals surface area contributed by atoms with Crippen molar-refractivity contribution in [3.8, 4) is 11.5 Å². The van der Waals surface area contributed by atoms with Gasteiger partial charge in [-0.05, 0) is 87.0 Å². The molecule has 1 saturated heterocycles. The number of benzene rings is 2. The molecule has 146 valence electrons. The Morgan fingerprint density at radius 2 is 1.85 bits per heavy atom. The van der Waals surface area contributed by atoms with Crippen molar-refractivity contribution in [2.45, 2.75) is 32.6 Å². The van der Waals surface area contributed by atoms with E-state index in [1.54, 1.807) is 7.11 Å². The van der Waals surface area contributed by atoms with E-state index < -0.39 is 0 Å². The lowest BCUT2D eigenvalue weighted by Gasteiger charge is -2.32. The topological polar surface area (TPSA) is 21.7 Å². The second-order valence-electron chi connectivity index (χ2n) is 7.24. The first-order valence-electron chi connectivity index (χ1n) is 9.95. The van der Waals surface area contributed by atoms with Gasteiger partial charge in [-0.1, -0.05) is 34.1 Å². The van der Waals surface area contributed by atoms with E-state index in [2.05, 4.69) is 57.2 Å². The normalized spacial score (nSPS) is 15.7. The molecule has 1 fully saturated rings. The molecule has 1 heterocycles. The first-order chi connectivity index (χ1) is 13.2. The van der Waals surface area contributed by atoms with Crippen LogP contribution in [0.25, 0.3) is 0 Å². The lowest BCUT2D eigenvalue weighted by Crippen LogP contribution is -2.35. The molecule has 0 saturated carbocycles. The van der Waals surface area contributed by atoms with Crippen molar-refractivity contribution in [1.82, 2.24) is 4.90 Å². The van der Waals surface area contributed by atoms with Crippen LogP contribution in [0.15, 0.2) is 46.9 Å². The van der Waals surface area contributed by atoms with E-state index in [1.165, 1.54) is 41.5 Å². The third kappa shape index (κ3) is 5.73. The molecule has 1 aliphatic rings. The average molecular weight is 432 g/mol. The summed E-state index contributed by atoms with van der Waals surface area (Å²) < 4.78 is 12.3. The first-order valence-corrected chi connectivity index (χ1v) is 10.7. The summed E-state index contributed by atoms with van der Waals surface area (Å²) in [6.45, 7) is 6.25. The molecule has 0 aromatic heterocycles. The van der Waals surface area contributed by atoms with E-state index in [9.17, 15) is 0 Å². The number of para-hydroxylation sites is 1. The van der Waals surface area contributed by atoms with E-state index in [1.807, 2.05) is 13.0 Å². The molecule has 1 aliphatic heterocycles. The molecule has 0 aliphatic carbocycles. The molecular formula is C23H30BrNO2. The Morgan fingerprint density at radius 3 is 2.59 bits per heavy atom. The highest BCUT2D eigenvalue weighted by Gasteiger charge is 2.20. The summed E-state index contributed by atoms with van der Waals surface area (Å²) in [5, 5.41) is 0. The van der Waals surface area contributed by atoms with Crippen molar-refractivity contribution in [2.75, 3.05) is 33.4 Å². The molecule has 0 N–H and O–H groups in total. The molecule has 3 rings (SSSR count). The van der Waals surface area contributed by atoms with Gasteiger partial charge in [0.25, 0.3) is 0 Å². The maximum Gasteiger partial charge on any atom is 0.122 e. The zero-order valence-electron chi connectivity index (χ0n) is 16.4. The van der Waals surface area contributed by atoms with Crippen molar-refractivity contribution in [1.29, 1.82) is 0 Å². The van der Waals surface area contributed by atoms with Crippen LogP contribution in [0.4, 0.5) is 0 Å². The van der Waals surface area contributed by atoms with Gasteiger partial charge in [-0.25, -0.2) is 0 Å². The molecule has 0 amide bonds. The van der Waals surface area contributed by atoms with Crippen LogP contribution in [0.1, 0.15) is 30.9 Å². The van der Waals surface area contributed by atoms with Gasteiger partial charge in [-0.3, -0.25) is 0 Å². The van der Waals surface area contributed by atoms with Gasteiger partial charge < -0.3 is 14.4 Å². The van der Waals surface area contributed by atoms with E-state index in [-0.39, 0.29) is 0 Å². The quantitative estimate of drug-likeness (QED) is 0.561. The largest absolute Gasteiger partial charge is 0.497 e. The van der Waals surface area contributed by atoms with Gasteiger partial charge in [0, 0.05) is 11.0 Å². The molecule has 0 unspecified atom stereocenters. The monoisotopic (exact) mass is 431 g/mol. The summed E-state index contributed by atoms with van der Waals surface area (Å²) in [4.78, 5) is 2.60. The Morgan fingerprint density at radius 1 is 1.07 bits per heavy atom. The molecular weight excluding hydrogens is 402 g/mol. The number of hydrogen-bond donors (Lipinski definition) is 0. The van der Waals surface area contributed by atoms with Crippen molar-refractivity contribution in [2.24, 2.45) is 5.92 Å². The predicted octanol–water partition coefficient (Wildman–Crippen LogP) is 5.35. The summed E-state index contributed by atoms with van der Waals surface area (Å²) in [5.74, 6) is 2.73. The van der Waals surface area contributed by atoms with Crippen molar-refractivity contribution < 1.29 is 9.47 Å². The predicted molar refractivity (Wildman–Crippen MR) is 115 cm³/mol. The Hall–Kier alpha value is -1.52. The molecule has 0 atom stereocenters. The zero-order valence-corrected chi connectivity index (χ0v) is 18.0. The number of halogens is 1. The molecule has 2 aromatic rings. The minimum Gasteiger partial charge on any atom is -0.497 e. The SMILES string of the molecule is CCOc1ccccc1CCN1CCC(Cc2cc(OC)ccc2Br)CC1. The lowest BCUT2D eigenvalue weighted by molar-refractivity contribution is 0.185. The molecule has 4 heteroatoms. The third-order valence-electron chi connectivity index (χ3n) is 5.44. The van der Waals surface area contributed by atoms with Crippen LogP contribution in [-0.2, 0) is 12.8 Å². The Balaban J connectivity index is 1.48. The third-order valence-corrected chi connectivity index (χ3v) is 6.21.